The second-order valence-electron chi connectivity index (χ2n) is 10.8. The Morgan fingerprint density at radius 1 is 1.30 bits per heavy atom. The van der Waals surface area contributed by atoms with Crippen LogP contribution in [0.2, 0.25) is 0 Å². The van der Waals surface area contributed by atoms with Crippen LogP contribution in [-0.2, 0) is 20.4 Å². The van der Waals surface area contributed by atoms with Crippen LogP contribution in [0.25, 0.3) is 0 Å². The summed E-state index contributed by atoms with van der Waals surface area (Å²) >= 11 is 0. The smallest absolute Gasteiger partial charge is 0.379 e. The Morgan fingerprint density at radius 2 is 2.11 bits per heavy atom. The molecule has 3 aliphatic heterocycles. The van der Waals surface area contributed by atoms with Crippen molar-refractivity contribution in [3.8, 4) is 0 Å². The van der Waals surface area contributed by atoms with Gasteiger partial charge in [-0.3, -0.25) is 4.79 Å². The maximum atomic E-state index is 13.8. The van der Waals surface area contributed by atoms with Crippen LogP contribution in [0.5, 0.6) is 0 Å². The molecule has 1 aromatic heterocycles. The Morgan fingerprint density at radius 3 is 2.78 bits per heavy atom. The largest absolute Gasteiger partial charge is 0.416 e. The van der Waals surface area contributed by atoms with Crippen molar-refractivity contribution in [2.45, 2.75) is 81.4 Å². The normalized spacial score (nSPS) is 34.1. The fourth-order valence-electron chi connectivity index (χ4n) is 6.72. The van der Waals surface area contributed by atoms with Crippen LogP contribution in [0.4, 0.5) is 27.8 Å². The minimum Gasteiger partial charge on any atom is -0.379 e. The van der Waals surface area contributed by atoms with E-state index in [-0.39, 0.29) is 42.0 Å². The van der Waals surface area contributed by atoms with Crippen molar-refractivity contribution < 1.29 is 36.2 Å². The first kappa shape index (κ1) is 26.6. The summed E-state index contributed by atoms with van der Waals surface area (Å²) in [5.41, 5.74) is -1.92. The first-order valence-electron chi connectivity index (χ1n) is 12.9. The number of anilines is 1. The molecule has 1 aliphatic carbocycles. The Bertz CT molecular complexity index is 982. The van der Waals surface area contributed by atoms with Gasteiger partial charge in [-0.15, -0.1) is 0 Å². The van der Waals surface area contributed by atoms with E-state index in [1.54, 1.807) is 16.9 Å². The first-order chi connectivity index (χ1) is 17.6. The van der Waals surface area contributed by atoms with E-state index in [4.69, 9.17) is 9.47 Å². The molecule has 0 radical (unpaired) electrons. The van der Waals surface area contributed by atoms with Crippen LogP contribution in [0.3, 0.4) is 0 Å². The molecule has 5 rings (SSSR count). The van der Waals surface area contributed by atoms with Crippen molar-refractivity contribution in [1.82, 2.24) is 15.2 Å². The van der Waals surface area contributed by atoms with Crippen molar-refractivity contribution in [1.29, 1.82) is 0 Å². The molecule has 0 unspecified atom stereocenters. The third-order valence-electron chi connectivity index (χ3n) is 8.53. The summed E-state index contributed by atoms with van der Waals surface area (Å²) in [7, 11) is 1.62. The van der Waals surface area contributed by atoms with Crippen LogP contribution in [-0.4, -0.2) is 85.9 Å². The topological polar surface area (TPSA) is 66.9 Å². The summed E-state index contributed by atoms with van der Waals surface area (Å²) in [5, 5.41) is 3.54. The molecule has 0 spiro atoms. The number of methoxy groups -OCH3 is 1. The molecule has 3 saturated heterocycles. The van der Waals surface area contributed by atoms with Crippen LogP contribution >= 0.6 is 0 Å². The minimum atomic E-state index is -4.47. The van der Waals surface area contributed by atoms with E-state index in [0.717, 1.165) is 24.8 Å². The Balaban J connectivity index is 1.27. The molecule has 7 nitrogen and oxygen atoms in total. The van der Waals surface area contributed by atoms with Gasteiger partial charge in [-0.2, -0.15) is 13.2 Å². The van der Waals surface area contributed by atoms with Gasteiger partial charge < -0.3 is 24.6 Å². The average Bonchev–Trinajstić information content (AvgIpc) is 3.58. The molecule has 206 valence electrons. The number of alkyl halides is 5. The van der Waals surface area contributed by atoms with Gasteiger partial charge in [0, 0.05) is 51.5 Å². The monoisotopic (exact) mass is 532 g/mol. The number of hydrogen-bond acceptors (Lipinski definition) is 6. The highest BCUT2D eigenvalue weighted by atomic mass is 19.4. The molecule has 1 amide bonds. The minimum absolute atomic E-state index is 0.0394. The van der Waals surface area contributed by atoms with Crippen LogP contribution < -0.4 is 10.2 Å². The molecule has 6 atom stereocenters. The van der Waals surface area contributed by atoms with Gasteiger partial charge in [0.05, 0.1) is 35.8 Å². The van der Waals surface area contributed by atoms with E-state index in [1.165, 1.54) is 0 Å². The molecule has 4 fully saturated rings. The van der Waals surface area contributed by atoms with Gasteiger partial charge in [0.25, 0.3) is 0 Å². The van der Waals surface area contributed by atoms with E-state index >= 15 is 0 Å². The second-order valence-corrected chi connectivity index (χ2v) is 10.8. The number of carbonyl (C=O) groups excluding carboxylic acids is 1. The molecule has 1 N–H and O–H groups in total. The predicted octanol–water partition coefficient (Wildman–Crippen LogP) is 3.48. The van der Waals surface area contributed by atoms with E-state index in [2.05, 4.69) is 10.3 Å². The Kier molecular flexibility index (Phi) is 7.36. The summed E-state index contributed by atoms with van der Waals surface area (Å²) in [4.78, 5) is 21.5. The third-order valence-corrected chi connectivity index (χ3v) is 8.53. The number of aromatic nitrogens is 1. The number of carbonyl (C=O) groups is 1. The van der Waals surface area contributed by atoms with E-state index in [0.29, 0.717) is 52.0 Å². The molecule has 1 aromatic rings. The number of nitrogens with zero attached hydrogens (tertiary/aromatic N) is 3. The molecule has 2 bridgehead atoms. The van der Waals surface area contributed by atoms with Crippen LogP contribution in [0.1, 0.15) is 44.1 Å². The van der Waals surface area contributed by atoms with E-state index < -0.39 is 30.0 Å². The molecule has 12 heteroatoms. The number of pyridine rings is 1. The zero-order valence-corrected chi connectivity index (χ0v) is 20.7. The molecular weight excluding hydrogens is 499 g/mol. The fraction of sp³-hybridized carbons (Fsp3) is 0.760. The van der Waals surface area contributed by atoms with Crippen molar-refractivity contribution in [2.24, 2.45) is 5.41 Å². The number of nitrogens with one attached hydrogen (secondary N) is 1. The lowest BCUT2D eigenvalue weighted by Crippen LogP contribution is -2.54. The van der Waals surface area contributed by atoms with Gasteiger partial charge >= 0.3 is 6.18 Å². The number of likely N-dealkylation sites (tertiary alicyclic amines) is 1. The highest BCUT2D eigenvalue weighted by molar-refractivity contribution is 5.84. The number of halogens is 5. The molecule has 4 aliphatic rings. The molecular formula is C25H33F5N4O3. The predicted molar refractivity (Wildman–Crippen MR) is 124 cm³/mol. The standard InChI is InChI=1S/C25H33F5N4O3/c1-36-20-14-37-7-4-19(20)32-16-2-5-24(10-16,11-21(26)27)23(35)34-13-17-9-18(34)12-33(17)22-8-15(3-6-31-22)25(28,29)30/h3,6,8,16-21,32H,2,4-5,7,9-14H2,1H3/t16-,17+,18+,19+,20-,24+/m1/s1. The number of piperazine rings is 1. The molecule has 4 heterocycles. The number of hydrogen-bond donors (Lipinski definition) is 1. The van der Waals surface area contributed by atoms with Gasteiger partial charge in [-0.1, -0.05) is 0 Å². The second kappa shape index (κ2) is 10.3. The van der Waals surface area contributed by atoms with Crippen LogP contribution in [0, 0.1) is 5.41 Å². The van der Waals surface area contributed by atoms with Crippen molar-refractivity contribution in [3.05, 3.63) is 23.9 Å². The summed E-state index contributed by atoms with van der Waals surface area (Å²) in [6.45, 7) is 1.71. The summed E-state index contributed by atoms with van der Waals surface area (Å²) in [6.07, 6.45) is -3.88. The van der Waals surface area contributed by atoms with Crippen LogP contribution in [0.15, 0.2) is 18.3 Å². The number of fused-ring (bicyclic) bond motifs is 2. The fourth-order valence-corrected chi connectivity index (χ4v) is 6.72. The SMILES string of the molecule is CO[C@@H]1COCC[C@@H]1N[C@@H]1CC[C@](CC(F)F)(C(=O)N2C[C@@H]3C[C@H]2CN3c2cc(C(F)(F)F)ccn2)C1. The van der Waals surface area contributed by atoms with Crippen molar-refractivity contribution >= 4 is 11.7 Å². The lowest BCUT2D eigenvalue weighted by molar-refractivity contribution is -0.146. The number of rotatable bonds is 7. The first-order valence-corrected chi connectivity index (χ1v) is 12.9. The molecule has 37 heavy (non-hydrogen) atoms. The van der Waals surface area contributed by atoms with Gasteiger partial charge in [0.2, 0.25) is 12.3 Å². The quantitative estimate of drug-likeness (QED) is 0.543. The summed E-state index contributed by atoms with van der Waals surface area (Å²) in [5.74, 6) is -0.0254. The zero-order chi connectivity index (χ0) is 26.4. The highest BCUT2D eigenvalue weighted by Gasteiger charge is 2.54. The zero-order valence-electron chi connectivity index (χ0n) is 20.7. The summed E-state index contributed by atoms with van der Waals surface area (Å²) < 4.78 is 78.0. The van der Waals surface area contributed by atoms with Gasteiger partial charge in [-0.05, 0) is 44.2 Å². The third kappa shape index (κ3) is 5.29. The average molecular weight is 533 g/mol. The Labute approximate surface area is 212 Å². The molecule has 0 aromatic carbocycles. The molecule has 1 saturated carbocycles. The van der Waals surface area contributed by atoms with E-state index in [1.807, 2.05) is 0 Å². The van der Waals surface area contributed by atoms with E-state index in [9.17, 15) is 26.7 Å². The highest BCUT2D eigenvalue weighted by Crippen LogP contribution is 2.47. The van der Waals surface area contributed by atoms with Crippen molar-refractivity contribution in [3.63, 3.8) is 0 Å². The lowest BCUT2D eigenvalue weighted by atomic mass is 9.80. The van der Waals surface area contributed by atoms with Crippen molar-refractivity contribution in [2.75, 3.05) is 38.3 Å². The van der Waals surface area contributed by atoms with Gasteiger partial charge in [0.1, 0.15) is 5.82 Å². The maximum absolute atomic E-state index is 13.8. The summed E-state index contributed by atoms with van der Waals surface area (Å²) in [6, 6.07) is 1.51. The maximum Gasteiger partial charge on any atom is 0.416 e. The number of amides is 1. The number of ether oxygens (including phenoxy) is 2. The Hall–Kier alpha value is -2.05. The van der Waals surface area contributed by atoms with Gasteiger partial charge in [-0.25, -0.2) is 13.8 Å². The lowest BCUT2D eigenvalue weighted by Gasteiger charge is -2.40. The van der Waals surface area contributed by atoms with Gasteiger partial charge in [0.15, 0.2) is 0 Å².